The summed E-state index contributed by atoms with van der Waals surface area (Å²) in [5, 5.41) is 3.81. The average molecular weight is 245 g/mol. The maximum atomic E-state index is 3.81. The van der Waals surface area contributed by atoms with Crippen molar-refractivity contribution in [2.75, 3.05) is 5.32 Å². The summed E-state index contributed by atoms with van der Waals surface area (Å²) in [6, 6.07) is 9.63. The van der Waals surface area contributed by atoms with E-state index in [1.165, 1.54) is 56.2 Å². The van der Waals surface area contributed by atoms with E-state index in [1.54, 1.807) is 0 Å². The quantitative estimate of drug-likeness (QED) is 0.772. The number of aryl methyl sites for hydroxylation is 1. The second-order valence-corrected chi connectivity index (χ2v) is 6.26. The van der Waals surface area contributed by atoms with Crippen molar-refractivity contribution in [1.29, 1.82) is 0 Å². The van der Waals surface area contributed by atoms with Crippen LogP contribution in [0, 0.1) is 18.8 Å². The molecule has 1 nitrogen and oxygen atoms in total. The molecule has 1 aromatic carbocycles. The van der Waals surface area contributed by atoms with E-state index < -0.39 is 0 Å². The third-order valence-corrected chi connectivity index (χ3v) is 4.98. The number of nitrogens with one attached hydrogen (secondary N) is 1. The summed E-state index contributed by atoms with van der Waals surface area (Å²) in [4.78, 5) is 0. The summed E-state index contributed by atoms with van der Waals surface area (Å²) in [7, 11) is 0. The molecule has 0 aliphatic heterocycles. The normalized spacial score (nSPS) is 31.7. The molecule has 2 aliphatic carbocycles. The van der Waals surface area contributed by atoms with E-state index in [4.69, 9.17) is 0 Å². The van der Waals surface area contributed by atoms with Gasteiger partial charge in [0.15, 0.2) is 0 Å². The van der Waals surface area contributed by atoms with Gasteiger partial charge in [-0.1, -0.05) is 49.8 Å². The Morgan fingerprint density at radius 1 is 0.944 bits per heavy atom. The SMILES string of the molecule is Cc1ccc(NC2CCC[C@H]3CCCCC23)cc1.[HH]. The fraction of sp³-hybridized carbons (Fsp3) is 0.647. The van der Waals surface area contributed by atoms with Crippen molar-refractivity contribution in [3.63, 3.8) is 0 Å². The fourth-order valence-electron chi connectivity index (χ4n) is 3.98. The highest BCUT2D eigenvalue weighted by Crippen LogP contribution is 2.41. The molecule has 3 atom stereocenters. The zero-order valence-corrected chi connectivity index (χ0v) is 11.5. The molecule has 1 N–H and O–H groups in total. The van der Waals surface area contributed by atoms with Crippen LogP contribution < -0.4 is 5.32 Å². The van der Waals surface area contributed by atoms with E-state index in [0.717, 1.165) is 17.9 Å². The van der Waals surface area contributed by atoms with Crippen LogP contribution >= 0.6 is 0 Å². The number of anilines is 1. The van der Waals surface area contributed by atoms with Crippen molar-refractivity contribution in [2.24, 2.45) is 11.8 Å². The molecule has 1 aromatic rings. The van der Waals surface area contributed by atoms with Gasteiger partial charge in [0.25, 0.3) is 0 Å². The minimum absolute atomic E-state index is 0. The van der Waals surface area contributed by atoms with E-state index in [0.29, 0.717) is 0 Å². The van der Waals surface area contributed by atoms with Crippen molar-refractivity contribution >= 4 is 5.69 Å². The van der Waals surface area contributed by atoms with Gasteiger partial charge in [0, 0.05) is 13.2 Å². The van der Waals surface area contributed by atoms with Crippen molar-refractivity contribution < 1.29 is 1.43 Å². The van der Waals surface area contributed by atoms with Crippen LogP contribution in [0.4, 0.5) is 5.69 Å². The Hall–Kier alpha value is -0.980. The maximum absolute atomic E-state index is 3.81. The first-order valence-electron chi connectivity index (χ1n) is 7.66. The molecule has 18 heavy (non-hydrogen) atoms. The number of benzene rings is 1. The van der Waals surface area contributed by atoms with Crippen LogP contribution in [0.3, 0.4) is 0 Å². The second kappa shape index (κ2) is 5.34. The van der Waals surface area contributed by atoms with Crippen LogP contribution in [0.25, 0.3) is 0 Å². The topological polar surface area (TPSA) is 12.0 Å². The van der Waals surface area contributed by atoms with Gasteiger partial charge < -0.3 is 5.32 Å². The Labute approximate surface area is 112 Å². The van der Waals surface area contributed by atoms with Crippen LogP contribution in [0.1, 0.15) is 51.9 Å². The van der Waals surface area contributed by atoms with Gasteiger partial charge in [-0.15, -0.1) is 0 Å². The molecule has 0 radical (unpaired) electrons. The van der Waals surface area contributed by atoms with E-state index in [2.05, 4.69) is 36.5 Å². The lowest BCUT2D eigenvalue weighted by Crippen LogP contribution is -2.39. The first kappa shape index (κ1) is 12.1. The Bertz CT molecular complexity index is 385. The van der Waals surface area contributed by atoms with E-state index in [1.807, 2.05) is 0 Å². The van der Waals surface area contributed by atoms with Gasteiger partial charge in [-0.3, -0.25) is 0 Å². The fourth-order valence-corrected chi connectivity index (χ4v) is 3.98. The molecule has 2 saturated carbocycles. The zero-order valence-electron chi connectivity index (χ0n) is 11.5. The molecule has 2 fully saturated rings. The van der Waals surface area contributed by atoms with E-state index >= 15 is 0 Å². The molecule has 0 bridgehead atoms. The molecular formula is C17H27N. The predicted molar refractivity (Wildman–Crippen MR) is 80.0 cm³/mol. The number of fused-ring (bicyclic) bond motifs is 1. The standard InChI is InChI=1S/C17H25N.H2/c1-13-9-11-15(12-10-13)18-17-8-4-6-14-5-2-3-7-16(14)17;/h9-12,14,16-18H,2-8H2,1H3;1H/t14-,16?,17?;/m1./s1. The molecule has 0 saturated heterocycles. The number of rotatable bonds is 2. The van der Waals surface area contributed by atoms with E-state index in [-0.39, 0.29) is 1.43 Å². The van der Waals surface area contributed by atoms with Crippen molar-refractivity contribution in [2.45, 2.75) is 57.9 Å². The average Bonchev–Trinajstić information content (AvgIpc) is 2.42. The molecule has 100 valence electrons. The zero-order chi connectivity index (χ0) is 12.4. The number of hydrogen-bond acceptors (Lipinski definition) is 1. The molecule has 0 heterocycles. The highest BCUT2D eigenvalue weighted by Gasteiger charge is 2.34. The molecule has 0 spiro atoms. The summed E-state index contributed by atoms with van der Waals surface area (Å²) < 4.78 is 0. The first-order chi connectivity index (χ1) is 8.83. The van der Waals surface area contributed by atoms with Crippen LogP contribution in [-0.4, -0.2) is 6.04 Å². The van der Waals surface area contributed by atoms with Gasteiger partial charge >= 0.3 is 0 Å². The van der Waals surface area contributed by atoms with Gasteiger partial charge in [-0.2, -0.15) is 0 Å². The maximum Gasteiger partial charge on any atom is 0.0342 e. The summed E-state index contributed by atoms with van der Waals surface area (Å²) in [6.07, 6.45) is 10.1. The van der Waals surface area contributed by atoms with Gasteiger partial charge in [0.1, 0.15) is 0 Å². The molecule has 3 rings (SSSR count). The molecular weight excluding hydrogens is 218 g/mol. The predicted octanol–water partition coefficient (Wildman–Crippen LogP) is 5.01. The summed E-state index contributed by atoms with van der Waals surface area (Å²) >= 11 is 0. The Balaban J connectivity index is 0.00000133. The van der Waals surface area contributed by atoms with Gasteiger partial charge in [-0.25, -0.2) is 0 Å². The highest BCUT2D eigenvalue weighted by molar-refractivity contribution is 5.45. The van der Waals surface area contributed by atoms with Gasteiger partial charge in [0.05, 0.1) is 0 Å². The Morgan fingerprint density at radius 2 is 1.67 bits per heavy atom. The lowest BCUT2D eigenvalue weighted by molar-refractivity contribution is 0.155. The Kier molecular flexibility index (Phi) is 3.58. The third kappa shape index (κ3) is 2.55. The number of hydrogen-bond donors (Lipinski definition) is 1. The molecule has 1 heteroatoms. The molecule has 2 unspecified atom stereocenters. The van der Waals surface area contributed by atoms with Crippen LogP contribution in [0.15, 0.2) is 24.3 Å². The minimum Gasteiger partial charge on any atom is -0.382 e. The van der Waals surface area contributed by atoms with Crippen LogP contribution in [0.2, 0.25) is 0 Å². The second-order valence-electron chi connectivity index (χ2n) is 6.26. The minimum atomic E-state index is 0. The summed E-state index contributed by atoms with van der Waals surface area (Å²) in [6.45, 7) is 2.15. The largest absolute Gasteiger partial charge is 0.382 e. The Morgan fingerprint density at radius 3 is 2.50 bits per heavy atom. The molecule has 2 aliphatic rings. The third-order valence-electron chi connectivity index (χ3n) is 4.98. The van der Waals surface area contributed by atoms with Gasteiger partial charge in [-0.05, 0) is 43.7 Å². The highest BCUT2D eigenvalue weighted by atomic mass is 14.9. The molecule has 0 amide bonds. The van der Waals surface area contributed by atoms with Crippen molar-refractivity contribution in [1.82, 2.24) is 0 Å². The smallest absolute Gasteiger partial charge is 0.0342 e. The summed E-state index contributed by atoms with van der Waals surface area (Å²) in [5.41, 5.74) is 2.66. The van der Waals surface area contributed by atoms with Crippen LogP contribution in [-0.2, 0) is 0 Å². The monoisotopic (exact) mass is 245 g/mol. The summed E-state index contributed by atoms with van der Waals surface area (Å²) in [5.74, 6) is 1.95. The van der Waals surface area contributed by atoms with Crippen LogP contribution in [0.5, 0.6) is 0 Å². The van der Waals surface area contributed by atoms with E-state index in [9.17, 15) is 0 Å². The first-order valence-corrected chi connectivity index (χ1v) is 7.66. The lowest BCUT2D eigenvalue weighted by atomic mass is 9.68. The molecule has 0 aromatic heterocycles. The van der Waals surface area contributed by atoms with Gasteiger partial charge in [0.2, 0.25) is 0 Å². The van der Waals surface area contributed by atoms with Crippen molar-refractivity contribution in [3.8, 4) is 0 Å². The lowest BCUT2D eigenvalue weighted by Gasteiger charge is -2.42. The van der Waals surface area contributed by atoms with Crippen molar-refractivity contribution in [3.05, 3.63) is 29.8 Å².